The first kappa shape index (κ1) is 21.9. The van der Waals surface area contributed by atoms with Gasteiger partial charge in [0.25, 0.3) is 5.91 Å². The molecule has 0 atom stereocenters. The molecular formula is C16H23Cl3N2O2S. The molecule has 0 saturated carbocycles. The van der Waals surface area contributed by atoms with Crippen LogP contribution < -0.4 is 10.6 Å². The predicted molar refractivity (Wildman–Crippen MR) is 104 cm³/mol. The molecule has 4 nitrogen and oxygen atoms in total. The highest BCUT2D eigenvalue weighted by molar-refractivity contribution is 7.98. The minimum Gasteiger partial charge on any atom is -0.384 e. The number of hydrogen-bond acceptors (Lipinski definition) is 4. The number of ether oxygens (including phenoxy) is 1. The van der Waals surface area contributed by atoms with Gasteiger partial charge in [0.2, 0.25) is 0 Å². The van der Waals surface area contributed by atoms with Crippen LogP contribution in [0.3, 0.4) is 0 Å². The van der Waals surface area contributed by atoms with Crippen LogP contribution >= 0.6 is 47.4 Å². The van der Waals surface area contributed by atoms with E-state index < -0.39 is 0 Å². The molecule has 0 aliphatic carbocycles. The summed E-state index contributed by atoms with van der Waals surface area (Å²) in [5, 5.41) is 7.30. The predicted octanol–water partition coefficient (Wildman–Crippen LogP) is 3.88. The Morgan fingerprint density at radius 1 is 1.33 bits per heavy atom. The zero-order valence-corrected chi connectivity index (χ0v) is 16.9. The highest BCUT2D eigenvalue weighted by Gasteiger charge is 2.32. The molecule has 0 aromatic heterocycles. The number of rotatable bonds is 6. The van der Waals surface area contributed by atoms with Crippen molar-refractivity contribution in [3.63, 3.8) is 0 Å². The third-order valence-corrected chi connectivity index (χ3v) is 5.74. The molecule has 1 aliphatic heterocycles. The second kappa shape index (κ2) is 10.1. The molecule has 1 saturated heterocycles. The summed E-state index contributed by atoms with van der Waals surface area (Å²) < 4.78 is 5.37. The van der Waals surface area contributed by atoms with Gasteiger partial charge in [0, 0.05) is 24.0 Å². The van der Waals surface area contributed by atoms with E-state index in [1.165, 1.54) is 11.8 Å². The number of hydrogen-bond donors (Lipinski definition) is 2. The summed E-state index contributed by atoms with van der Waals surface area (Å²) in [5.41, 5.74) is 0.443. The third kappa shape index (κ3) is 5.41. The number of nitrogens with one attached hydrogen (secondary N) is 2. The molecule has 2 N–H and O–H groups in total. The first-order valence-corrected chi connectivity index (χ1v) is 9.50. The quantitative estimate of drug-likeness (QED) is 0.695. The maximum atomic E-state index is 12.5. The Bertz CT molecular complexity index is 561. The SMILES string of the molecule is COCC1(CNC(=O)c2cc(SC)c(Cl)cc2Cl)CCNCC1.Cl. The molecule has 1 aromatic rings. The summed E-state index contributed by atoms with van der Waals surface area (Å²) in [5.74, 6) is -0.170. The molecule has 1 aromatic carbocycles. The summed E-state index contributed by atoms with van der Waals surface area (Å²) in [7, 11) is 1.70. The smallest absolute Gasteiger partial charge is 0.252 e. The topological polar surface area (TPSA) is 50.4 Å². The Kier molecular flexibility index (Phi) is 9.20. The van der Waals surface area contributed by atoms with E-state index in [1.54, 1.807) is 19.2 Å². The average molecular weight is 414 g/mol. The largest absolute Gasteiger partial charge is 0.384 e. The normalized spacial score (nSPS) is 16.3. The van der Waals surface area contributed by atoms with E-state index in [2.05, 4.69) is 10.6 Å². The van der Waals surface area contributed by atoms with Gasteiger partial charge in [-0.25, -0.2) is 0 Å². The van der Waals surface area contributed by atoms with Crippen molar-refractivity contribution >= 4 is 53.3 Å². The van der Waals surface area contributed by atoms with E-state index in [0.717, 1.165) is 30.8 Å². The fraction of sp³-hybridized carbons (Fsp3) is 0.562. The van der Waals surface area contributed by atoms with Gasteiger partial charge in [-0.1, -0.05) is 23.2 Å². The molecule has 136 valence electrons. The molecule has 1 heterocycles. The number of benzene rings is 1. The fourth-order valence-electron chi connectivity index (χ4n) is 2.86. The summed E-state index contributed by atoms with van der Waals surface area (Å²) in [4.78, 5) is 13.4. The number of amides is 1. The van der Waals surface area contributed by atoms with Gasteiger partial charge in [0.1, 0.15) is 0 Å². The van der Waals surface area contributed by atoms with Gasteiger partial charge in [0.15, 0.2) is 0 Å². The van der Waals surface area contributed by atoms with Crippen molar-refractivity contribution in [1.29, 1.82) is 0 Å². The van der Waals surface area contributed by atoms with Crippen LogP contribution in [-0.4, -0.2) is 45.5 Å². The second-order valence-corrected chi connectivity index (χ2v) is 7.49. The Hall–Kier alpha value is -0.170. The molecule has 1 aliphatic rings. The van der Waals surface area contributed by atoms with Crippen molar-refractivity contribution in [2.24, 2.45) is 5.41 Å². The first-order chi connectivity index (χ1) is 11.0. The molecule has 2 rings (SSSR count). The first-order valence-electron chi connectivity index (χ1n) is 7.52. The van der Waals surface area contributed by atoms with E-state index in [-0.39, 0.29) is 23.7 Å². The highest BCUT2D eigenvalue weighted by atomic mass is 35.5. The zero-order chi connectivity index (χ0) is 16.9. The minimum atomic E-state index is -0.170. The Morgan fingerprint density at radius 2 is 2.00 bits per heavy atom. The van der Waals surface area contributed by atoms with Crippen LogP contribution in [0.4, 0.5) is 0 Å². The Morgan fingerprint density at radius 3 is 2.58 bits per heavy atom. The lowest BCUT2D eigenvalue weighted by molar-refractivity contribution is 0.0511. The van der Waals surface area contributed by atoms with Crippen LogP contribution in [0, 0.1) is 5.41 Å². The summed E-state index contributed by atoms with van der Waals surface area (Å²) >= 11 is 13.8. The van der Waals surface area contributed by atoms with Crippen LogP contribution in [0.15, 0.2) is 17.0 Å². The van der Waals surface area contributed by atoms with E-state index in [0.29, 0.717) is 28.8 Å². The van der Waals surface area contributed by atoms with Crippen molar-refractivity contribution in [3.05, 3.63) is 27.7 Å². The number of carbonyl (C=O) groups is 1. The lowest BCUT2D eigenvalue weighted by Gasteiger charge is -2.37. The van der Waals surface area contributed by atoms with Crippen LogP contribution in [0.25, 0.3) is 0 Å². The van der Waals surface area contributed by atoms with Gasteiger partial charge in [-0.15, -0.1) is 24.2 Å². The lowest BCUT2D eigenvalue weighted by atomic mass is 9.79. The van der Waals surface area contributed by atoms with E-state index in [4.69, 9.17) is 27.9 Å². The molecule has 0 unspecified atom stereocenters. The van der Waals surface area contributed by atoms with E-state index >= 15 is 0 Å². The summed E-state index contributed by atoms with van der Waals surface area (Å²) in [6.07, 6.45) is 3.87. The minimum absolute atomic E-state index is 0. The number of piperidine rings is 1. The van der Waals surface area contributed by atoms with Crippen molar-refractivity contribution in [3.8, 4) is 0 Å². The molecule has 0 radical (unpaired) electrons. The fourth-order valence-corrected chi connectivity index (χ4v) is 4.05. The van der Waals surface area contributed by atoms with Crippen molar-refractivity contribution in [2.75, 3.05) is 39.6 Å². The monoisotopic (exact) mass is 412 g/mol. The average Bonchev–Trinajstić information content (AvgIpc) is 2.54. The maximum Gasteiger partial charge on any atom is 0.252 e. The van der Waals surface area contributed by atoms with Gasteiger partial charge in [-0.05, 0) is 44.3 Å². The van der Waals surface area contributed by atoms with Crippen molar-refractivity contribution in [1.82, 2.24) is 10.6 Å². The molecule has 1 amide bonds. The highest BCUT2D eigenvalue weighted by Crippen LogP contribution is 2.32. The second-order valence-electron chi connectivity index (χ2n) is 5.83. The number of halogens is 3. The molecule has 0 bridgehead atoms. The Labute approximate surface area is 163 Å². The van der Waals surface area contributed by atoms with Gasteiger partial charge in [-0.2, -0.15) is 0 Å². The zero-order valence-electron chi connectivity index (χ0n) is 13.8. The van der Waals surface area contributed by atoms with E-state index in [1.807, 2.05) is 6.26 Å². The maximum absolute atomic E-state index is 12.5. The van der Waals surface area contributed by atoms with Gasteiger partial charge >= 0.3 is 0 Å². The standard InChI is InChI=1S/C16H22Cl2N2O2S.ClH/c1-22-10-16(3-5-19-6-4-16)9-20-15(21)11-7-14(23-2)13(18)8-12(11)17;/h7-8,19H,3-6,9-10H2,1-2H3,(H,20,21);1H. The van der Waals surface area contributed by atoms with Crippen molar-refractivity contribution in [2.45, 2.75) is 17.7 Å². The molecular weight excluding hydrogens is 391 g/mol. The van der Waals surface area contributed by atoms with Crippen LogP contribution in [-0.2, 0) is 4.74 Å². The lowest BCUT2D eigenvalue weighted by Crippen LogP contribution is -2.47. The molecule has 0 spiro atoms. The van der Waals surface area contributed by atoms with Crippen LogP contribution in [0.5, 0.6) is 0 Å². The summed E-state index contributed by atoms with van der Waals surface area (Å²) in [6.45, 7) is 3.10. The van der Waals surface area contributed by atoms with Gasteiger partial charge in [0.05, 0.1) is 22.2 Å². The van der Waals surface area contributed by atoms with E-state index in [9.17, 15) is 4.79 Å². The molecule has 24 heavy (non-hydrogen) atoms. The number of thioether (sulfide) groups is 1. The van der Waals surface area contributed by atoms with Crippen LogP contribution in [0.2, 0.25) is 10.0 Å². The molecule has 8 heteroatoms. The number of methoxy groups -OCH3 is 1. The Balaban J connectivity index is 0.00000288. The van der Waals surface area contributed by atoms with Gasteiger partial charge in [-0.3, -0.25) is 4.79 Å². The number of carbonyl (C=O) groups excluding carboxylic acids is 1. The third-order valence-electron chi connectivity index (χ3n) is 4.22. The summed E-state index contributed by atoms with van der Waals surface area (Å²) in [6, 6.07) is 3.37. The van der Waals surface area contributed by atoms with Crippen molar-refractivity contribution < 1.29 is 9.53 Å². The molecule has 1 fully saturated rings. The van der Waals surface area contributed by atoms with Crippen LogP contribution in [0.1, 0.15) is 23.2 Å². The van der Waals surface area contributed by atoms with Gasteiger partial charge < -0.3 is 15.4 Å².